The van der Waals surface area contributed by atoms with Gasteiger partial charge in [0.2, 0.25) is 0 Å². The fourth-order valence-electron chi connectivity index (χ4n) is 1.26. The summed E-state index contributed by atoms with van der Waals surface area (Å²) >= 11 is 7.53. The maximum Gasteiger partial charge on any atom is 0.0931 e. The summed E-state index contributed by atoms with van der Waals surface area (Å²) in [6, 6.07) is 4.10. The Morgan fingerprint density at radius 2 is 2.21 bits per heavy atom. The lowest BCUT2D eigenvalue weighted by atomic mass is 10.2. The van der Waals surface area contributed by atoms with Crippen molar-refractivity contribution in [2.75, 3.05) is 13.1 Å². The van der Waals surface area contributed by atoms with E-state index in [1.807, 2.05) is 6.07 Å². The molecule has 0 saturated heterocycles. The van der Waals surface area contributed by atoms with Crippen molar-refractivity contribution in [3.63, 3.8) is 0 Å². The molecule has 0 unspecified atom stereocenters. The van der Waals surface area contributed by atoms with Gasteiger partial charge >= 0.3 is 0 Å². The van der Waals surface area contributed by atoms with E-state index in [1.165, 1.54) is 11.3 Å². The lowest BCUT2D eigenvalue weighted by Crippen LogP contribution is -2.20. The molecule has 0 bridgehead atoms. The molecular formula is C11H18ClNS. The molecule has 0 saturated carbocycles. The number of aryl methyl sites for hydroxylation is 1. The van der Waals surface area contributed by atoms with Gasteiger partial charge in [-0.1, -0.05) is 25.4 Å². The van der Waals surface area contributed by atoms with Crippen molar-refractivity contribution in [1.29, 1.82) is 0 Å². The van der Waals surface area contributed by atoms with Gasteiger partial charge in [0.05, 0.1) is 4.34 Å². The highest BCUT2D eigenvalue weighted by atomic mass is 35.5. The molecule has 14 heavy (non-hydrogen) atoms. The minimum absolute atomic E-state index is 0.742. The van der Waals surface area contributed by atoms with E-state index >= 15 is 0 Å². The molecule has 0 radical (unpaired) electrons. The largest absolute Gasteiger partial charge is 0.316 e. The van der Waals surface area contributed by atoms with Crippen LogP contribution in [0.15, 0.2) is 12.1 Å². The molecular weight excluding hydrogens is 214 g/mol. The zero-order valence-electron chi connectivity index (χ0n) is 8.85. The lowest BCUT2D eigenvalue weighted by Gasteiger charge is -2.06. The van der Waals surface area contributed by atoms with Crippen molar-refractivity contribution >= 4 is 22.9 Å². The maximum atomic E-state index is 5.84. The minimum Gasteiger partial charge on any atom is -0.316 e. The molecule has 1 heterocycles. The first kappa shape index (κ1) is 12.0. The highest BCUT2D eigenvalue weighted by molar-refractivity contribution is 7.16. The van der Waals surface area contributed by atoms with Crippen LogP contribution in [0.3, 0.4) is 0 Å². The Labute approximate surface area is 95.5 Å². The van der Waals surface area contributed by atoms with E-state index in [4.69, 9.17) is 11.6 Å². The SMILES string of the molecule is CC(C)CNCCCc1ccc(Cl)s1. The number of nitrogens with one attached hydrogen (secondary N) is 1. The Bertz CT molecular complexity index is 258. The van der Waals surface area contributed by atoms with E-state index < -0.39 is 0 Å². The van der Waals surface area contributed by atoms with E-state index in [9.17, 15) is 0 Å². The smallest absolute Gasteiger partial charge is 0.0931 e. The summed E-state index contributed by atoms with van der Waals surface area (Å²) < 4.78 is 0.898. The second-order valence-electron chi connectivity index (χ2n) is 3.91. The standard InChI is InChI=1S/C11H18ClNS/c1-9(2)8-13-7-3-4-10-5-6-11(12)14-10/h5-6,9,13H,3-4,7-8H2,1-2H3. The van der Waals surface area contributed by atoms with Crippen molar-refractivity contribution in [1.82, 2.24) is 5.32 Å². The average Bonchev–Trinajstić information content (AvgIpc) is 2.50. The molecule has 80 valence electrons. The topological polar surface area (TPSA) is 12.0 Å². The van der Waals surface area contributed by atoms with Crippen LogP contribution in [0.25, 0.3) is 0 Å². The van der Waals surface area contributed by atoms with Crippen molar-refractivity contribution in [2.24, 2.45) is 5.92 Å². The van der Waals surface area contributed by atoms with Crippen LogP contribution in [0.2, 0.25) is 4.34 Å². The summed E-state index contributed by atoms with van der Waals surface area (Å²) in [5, 5.41) is 3.43. The van der Waals surface area contributed by atoms with E-state index in [0.29, 0.717) is 0 Å². The zero-order valence-corrected chi connectivity index (χ0v) is 10.4. The van der Waals surface area contributed by atoms with Crippen LogP contribution in [-0.2, 0) is 6.42 Å². The number of hydrogen-bond acceptors (Lipinski definition) is 2. The molecule has 1 nitrogen and oxygen atoms in total. The third-order valence-corrected chi connectivity index (χ3v) is 3.25. The van der Waals surface area contributed by atoms with Gasteiger partial charge in [-0.25, -0.2) is 0 Å². The molecule has 0 aliphatic rings. The fourth-order valence-corrected chi connectivity index (χ4v) is 2.39. The first-order valence-corrected chi connectivity index (χ1v) is 6.33. The molecule has 1 aromatic rings. The molecule has 0 aliphatic carbocycles. The summed E-state index contributed by atoms with van der Waals surface area (Å²) in [5.74, 6) is 0.742. The summed E-state index contributed by atoms with van der Waals surface area (Å²) in [5.41, 5.74) is 0. The first-order valence-electron chi connectivity index (χ1n) is 5.13. The first-order chi connectivity index (χ1) is 6.68. The van der Waals surface area contributed by atoms with Gasteiger partial charge in [0.1, 0.15) is 0 Å². The summed E-state index contributed by atoms with van der Waals surface area (Å²) in [6.45, 7) is 6.68. The summed E-state index contributed by atoms with van der Waals surface area (Å²) in [7, 11) is 0. The van der Waals surface area contributed by atoms with Crippen LogP contribution in [0.1, 0.15) is 25.1 Å². The molecule has 1 aromatic heterocycles. The predicted molar refractivity (Wildman–Crippen MR) is 65.4 cm³/mol. The fraction of sp³-hybridized carbons (Fsp3) is 0.636. The number of hydrogen-bond donors (Lipinski definition) is 1. The Morgan fingerprint density at radius 1 is 1.43 bits per heavy atom. The molecule has 1 N–H and O–H groups in total. The summed E-state index contributed by atoms with van der Waals surface area (Å²) in [6.07, 6.45) is 2.34. The average molecular weight is 232 g/mol. The van der Waals surface area contributed by atoms with Crippen molar-refractivity contribution in [3.05, 3.63) is 21.3 Å². The molecule has 3 heteroatoms. The molecule has 0 aromatic carbocycles. The van der Waals surface area contributed by atoms with Gasteiger partial charge in [-0.15, -0.1) is 11.3 Å². The van der Waals surface area contributed by atoms with Crippen LogP contribution in [0.4, 0.5) is 0 Å². The van der Waals surface area contributed by atoms with Crippen LogP contribution >= 0.6 is 22.9 Å². The van der Waals surface area contributed by atoms with E-state index in [2.05, 4.69) is 25.2 Å². The number of thiophene rings is 1. The summed E-state index contributed by atoms with van der Waals surface area (Å²) in [4.78, 5) is 1.39. The molecule has 0 spiro atoms. The molecule has 0 fully saturated rings. The molecule has 0 atom stereocenters. The van der Waals surface area contributed by atoms with Crippen molar-refractivity contribution in [2.45, 2.75) is 26.7 Å². The second-order valence-corrected chi connectivity index (χ2v) is 5.71. The van der Waals surface area contributed by atoms with E-state index in [0.717, 1.165) is 29.8 Å². The highest BCUT2D eigenvalue weighted by Gasteiger charge is 1.98. The van der Waals surface area contributed by atoms with Crippen LogP contribution in [0, 0.1) is 5.92 Å². The maximum absolute atomic E-state index is 5.84. The second kappa shape index (κ2) is 6.44. The van der Waals surface area contributed by atoms with Gasteiger partial charge in [0.25, 0.3) is 0 Å². The number of rotatable bonds is 6. The van der Waals surface area contributed by atoms with Gasteiger partial charge in [-0.05, 0) is 44.0 Å². The monoisotopic (exact) mass is 231 g/mol. The van der Waals surface area contributed by atoms with Crippen LogP contribution in [-0.4, -0.2) is 13.1 Å². The highest BCUT2D eigenvalue weighted by Crippen LogP contribution is 2.22. The van der Waals surface area contributed by atoms with Crippen molar-refractivity contribution in [3.8, 4) is 0 Å². The molecule has 1 rings (SSSR count). The zero-order chi connectivity index (χ0) is 10.4. The Kier molecular flexibility index (Phi) is 5.53. The van der Waals surface area contributed by atoms with Gasteiger partial charge in [-0.3, -0.25) is 0 Å². The van der Waals surface area contributed by atoms with Crippen LogP contribution < -0.4 is 5.32 Å². The van der Waals surface area contributed by atoms with Gasteiger partial charge in [-0.2, -0.15) is 0 Å². The third-order valence-electron chi connectivity index (χ3n) is 1.96. The van der Waals surface area contributed by atoms with Crippen molar-refractivity contribution < 1.29 is 0 Å². The molecule has 0 aliphatic heterocycles. The normalized spacial score (nSPS) is 11.1. The third kappa shape index (κ3) is 4.99. The van der Waals surface area contributed by atoms with Gasteiger partial charge < -0.3 is 5.32 Å². The van der Waals surface area contributed by atoms with E-state index in [-0.39, 0.29) is 0 Å². The van der Waals surface area contributed by atoms with Gasteiger partial charge in [0, 0.05) is 4.88 Å². The Balaban J connectivity index is 2.04. The lowest BCUT2D eigenvalue weighted by molar-refractivity contribution is 0.544. The number of halogens is 1. The van der Waals surface area contributed by atoms with Crippen LogP contribution in [0.5, 0.6) is 0 Å². The van der Waals surface area contributed by atoms with Gasteiger partial charge in [0.15, 0.2) is 0 Å². The van der Waals surface area contributed by atoms with E-state index in [1.54, 1.807) is 11.3 Å². The quantitative estimate of drug-likeness (QED) is 0.738. The predicted octanol–water partition coefficient (Wildman–Crippen LogP) is 3.58. The molecule has 0 amide bonds. The Hall–Kier alpha value is -0.0500. The Morgan fingerprint density at radius 3 is 2.79 bits per heavy atom. The minimum atomic E-state index is 0.742.